The van der Waals surface area contributed by atoms with Gasteiger partial charge in [0.05, 0.1) is 33.8 Å². The van der Waals surface area contributed by atoms with Gasteiger partial charge in [-0.25, -0.2) is 4.57 Å². The van der Waals surface area contributed by atoms with E-state index in [1.165, 1.54) is 225 Å². The van der Waals surface area contributed by atoms with Crippen LogP contribution in [0.3, 0.4) is 0 Å². The lowest BCUT2D eigenvalue weighted by molar-refractivity contribution is -0.870. The third kappa shape index (κ3) is 58.4. The predicted octanol–water partition coefficient (Wildman–Crippen LogP) is 20.5. The number of amides is 1. The summed E-state index contributed by atoms with van der Waals surface area (Å²) in [5, 5.41) is 3.02. The van der Waals surface area contributed by atoms with Crippen LogP contribution in [0.15, 0.2) is 48.6 Å². The zero-order chi connectivity index (χ0) is 56.4. The maximum absolute atomic E-state index is 13.5. The van der Waals surface area contributed by atoms with E-state index in [0.717, 1.165) is 51.4 Å². The van der Waals surface area contributed by atoms with Crippen LogP contribution in [0.1, 0.15) is 316 Å². The maximum atomic E-state index is 13.5. The number of quaternary nitrogens is 1. The molecule has 0 saturated heterocycles. The second-order valence-electron chi connectivity index (χ2n) is 23.6. The molecule has 2 N–H and O–H groups in total. The number of nitrogens with zero attached hydrogens (tertiary/aromatic N) is 1. The molecule has 0 saturated carbocycles. The van der Waals surface area contributed by atoms with E-state index in [1.54, 1.807) is 0 Å². The molecule has 452 valence electrons. The molecule has 0 aromatic carbocycles. The van der Waals surface area contributed by atoms with Crippen molar-refractivity contribution in [3.63, 3.8) is 0 Å². The lowest BCUT2D eigenvalue weighted by Gasteiger charge is -2.27. The summed E-state index contributed by atoms with van der Waals surface area (Å²) in [6, 6.07) is -0.877. The first-order chi connectivity index (χ1) is 37.4. The van der Waals surface area contributed by atoms with E-state index in [4.69, 9.17) is 13.8 Å². The maximum Gasteiger partial charge on any atom is 0.472 e. The largest absolute Gasteiger partial charge is 0.472 e. The molecule has 0 heterocycles. The van der Waals surface area contributed by atoms with Crippen LogP contribution in [0.2, 0.25) is 0 Å². The highest BCUT2D eigenvalue weighted by Crippen LogP contribution is 2.43. The van der Waals surface area contributed by atoms with Crippen LogP contribution in [0.4, 0.5) is 0 Å². The zero-order valence-corrected chi connectivity index (χ0v) is 52.6. The number of nitrogens with one attached hydrogen (secondary N) is 1. The fourth-order valence-corrected chi connectivity index (χ4v) is 10.4. The van der Waals surface area contributed by atoms with Crippen LogP contribution in [0.5, 0.6) is 0 Å². The molecule has 0 aliphatic carbocycles. The van der Waals surface area contributed by atoms with Gasteiger partial charge >= 0.3 is 13.8 Å². The van der Waals surface area contributed by atoms with Crippen LogP contribution in [-0.4, -0.2) is 74.3 Å². The van der Waals surface area contributed by atoms with Crippen molar-refractivity contribution in [2.75, 3.05) is 40.9 Å². The van der Waals surface area contributed by atoms with E-state index in [1.807, 2.05) is 39.4 Å². The van der Waals surface area contributed by atoms with Gasteiger partial charge in [0.25, 0.3) is 0 Å². The summed E-state index contributed by atoms with van der Waals surface area (Å²) in [6.45, 7) is 6.99. The Balaban J connectivity index is 5.11. The van der Waals surface area contributed by atoms with Gasteiger partial charge in [-0.1, -0.05) is 275 Å². The summed E-state index contributed by atoms with van der Waals surface area (Å²) in [6.07, 6.45) is 71.4. The van der Waals surface area contributed by atoms with Crippen molar-refractivity contribution in [1.29, 1.82) is 0 Å². The van der Waals surface area contributed by atoms with Gasteiger partial charge in [-0.3, -0.25) is 18.6 Å². The smallest absolute Gasteiger partial charge is 0.456 e. The number of ether oxygens (including phenoxy) is 1. The number of allylic oxidation sites excluding steroid dienone is 7. The molecule has 0 spiro atoms. The first-order valence-electron chi connectivity index (χ1n) is 33.0. The number of rotatable bonds is 60. The van der Waals surface area contributed by atoms with Crippen LogP contribution < -0.4 is 5.32 Å². The van der Waals surface area contributed by atoms with Crippen molar-refractivity contribution in [2.45, 2.75) is 328 Å². The highest BCUT2D eigenvalue weighted by Gasteiger charge is 2.30. The lowest BCUT2D eigenvalue weighted by atomic mass is 10.0. The summed E-state index contributed by atoms with van der Waals surface area (Å²) >= 11 is 0. The topological polar surface area (TPSA) is 111 Å². The number of carbonyl (C=O) groups excluding carboxylic acids is 2. The van der Waals surface area contributed by atoms with Gasteiger partial charge in [-0.15, -0.1) is 0 Å². The van der Waals surface area contributed by atoms with E-state index < -0.39 is 20.0 Å². The monoisotopic (exact) mass is 1100 g/mol. The Morgan fingerprint density at radius 2 is 0.805 bits per heavy atom. The summed E-state index contributed by atoms with van der Waals surface area (Å²) in [4.78, 5) is 37.7. The number of esters is 1. The minimum Gasteiger partial charge on any atom is -0.456 e. The van der Waals surface area contributed by atoms with Crippen molar-refractivity contribution in [3.8, 4) is 0 Å². The molecule has 3 unspecified atom stereocenters. The summed E-state index contributed by atoms with van der Waals surface area (Å²) in [5.74, 6) is -0.572. The zero-order valence-electron chi connectivity index (χ0n) is 51.7. The Labute approximate surface area is 478 Å². The quantitative estimate of drug-likeness (QED) is 0.0205. The first kappa shape index (κ1) is 75.0. The minimum atomic E-state index is -4.46. The SMILES string of the molecule is CCCCCCCC/C=C\C/C=C/CCC(=O)NC(COP(=O)(O)OCC[N+](C)(C)C)C(/C=C\CCCCCCCCCCCCC)OC(=O)CCCCCCCCCCCCCCCCC/C=C/CCCCCCCC. The molecule has 77 heavy (non-hydrogen) atoms. The van der Waals surface area contributed by atoms with Crippen LogP contribution in [0.25, 0.3) is 0 Å². The van der Waals surface area contributed by atoms with Gasteiger partial charge in [0.2, 0.25) is 5.91 Å². The van der Waals surface area contributed by atoms with E-state index in [2.05, 4.69) is 56.5 Å². The molecular weight excluding hydrogens is 976 g/mol. The number of unbranched alkanes of at least 4 members (excludes halogenated alkanes) is 38. The fraction of sp³-hybridized carbons (Fsp3) is 0.851. The molecule has 9 nitrogen and oxygen atoms in total. The van der Waals surface area contributed by atoms with Crippen LogP contribution in [-0.2, 0) is 27.9 Å². The third-order valence-corrected chi connectivity index (χ3v) is 15.7. The number of likely N-dealkylation sites (N-methyl/N-ethyl adjacent to an activating group) is 1. The molecule has 0 aliphatic heterocycles. The van der Waals surface area contributed by atoms with Crippen molar-refractivity contribution in [2.24, 2.45) is 0 Å². The van der Waals surface area contributed by atoms with Gasteiger partial charge in [0.1, 0.15) is 19.3 Å². The van der Waals surface area contributed by atoms with Crippen LogP contribution in [0, 0.1) is 0 Å². The van der Waals surface area contributed by atoms with E-state index >= 15 is 0 Å². The van der Waals surface area contributed by atoms with E-state index in [-0.39, 0.29) is 37.9 Å². The van der Waals surface area contributed by atoms with Crippen molar-refractivity contribution >= 4 is 19.7 Å². The number of phosphoric ester groups is 1. The van der Waals surface area contributed by atoms with Crippen molar-refractivity contribution in [1.82, 2.24) is 5.32 Å². The van der Waals surface area contributed by atoms with Gasteiger partial charge in [-0.05, 0) is 76.7 Å². The summed E-state index contributed by atoms with van der Waals surface area (Å²) < 4.78 is 30.7. The molecule has 0 fully saturated rings. The molecule has 0 radical (unpaired) electrons. The van der Waals surface area contributed by atoms with Crippen molar-refractivity contribution in [3.05, 3.63) is 48.6 Å². The van der Waals surface area contributed by atoms with Gasteiger partial charge in [0, 0.05) is 12.8 Å². The van der Waals surface area contributed by atoms with E-state index in [9.17, 15) is 19.0 Å². The average molecular weight is 1100 g/mol. The second-order valence-corrected chi connectivity index (χ2v) is 25.1. The molecule has 10 heteroatoms. The first-order valence-corrected chi connectivity index (χ1v) is 34.5. The minimum absolute atomic E-state index is 0.0322. The highest BCUT2D eigenvalue weighted by molar-refractivity contribution is 7.47. The molecular formula is C67H128N2O7P+. The molecule has 3 atom stereocenters. The van der Waals surface area contributed by atoms with Crippen molar-refractivity contribution < 1.29 is 37.3 Å². The van der Waals surface area contributed by atoms with Crippen LogP contribution >= 0.6 is 7.82 Å². The van der Waals surface area contributed by atoms with Gasteiger partial charge in [0.15, 0.2) is 0 Å². The molecule has 0 aromatic rings. The number of hydrogen-bond acceptors (Lipinski definition) is 6. The fourth-order valence-electron chi connectivity index (χ4n) is 9.63. The number of carbonyl (C=O) groups is 2. The Bertz CT molecular complexity index is 1460. The number of hydrogen-bond donors (Lipinski definition) is 2. The Morgan fingerprint density at radius 3 is 1.21 bits per heavy atom. The average Bonchev–Trinajstić information content (AvgIpc) is 3.39. The summed E-state index contributed by atoms with van der Waals surface area (Å²) in [5.41, 5.74) is 0. The van der Waals surface area contributed by atoms with E-state index in [0.29, 0.717) is 17.4 Å². The lowest BCUT2D eigenvalue weighted by Crippen LogP contribution is -2.47. The normalized spacial score (nSPS) is 13.9. The molecule has 0 bridgehead atoms. The molecule has 0 aromatic heterocycles. The number of phosphoric acid groups is 1. The standard InChI is InChI=1S/C67H127N2O7P/c1-7-10-13-16-19-22-25-28-29-30-31-32-33-34-35-36-37-38-39-42-45-48-51-54-57-60-67(71)76-65(58-55-52-49-46-43-40-26-23-20-17-14-11-8-2)64(63-75-77(72,73)74-62-61-69(4,5)6)68-66(70)59-56-53-50-47-44-41-27-24-21-18-15-12-9-3/h28-29,41,44,50,53,55,58,64-65H,7-27,30-40,42-43,45-49,51-52,54,56-57,59-63H2,1-6H3,(H-,68,70,72,73)/p+1/b29-28+,44-41-,53-50+,58-55-. The highest BCUT2D eigenvalue weighted by atomic mass is 31.2. The molecule has 0 rings (SSSR count). The van der Waals surface area contributed by atoms with Gasteiger partial charge < -0.3 is 19.4 Å². The Kier molecular flexibility index (Phi) is 55.7. The third-order valence-electron chi connectivity index (χ3n) is 14.8. The Hall–Kier alpha value is -2.03. The second kappa shape index (κ2) is 57.2. The molecule has 0 aliphatic rings. The predicted molar refractivity (Wildman–Crippen MR) is 332 cm³/mol. The summed E-state index contributed by atoms with van der Waals surface area (Å²) in [7, 11) is 1.47. The molecule has 1 amide bonds. The van der Waals surface area contributed by atoms with Gasteiger partial charge in [-0.2, -0.15) is 0 Å². The Morgan fingerprint density at radius 1 is 0.455 bits per heavy atom.